The largest absolute Gasteiger partial charge is 0.354 e. The minimum atomic E-state index is -0.472. The monoisotopic (exact) mass is 336 g/mol. The van der Waals surface area contributed by atoms with Crippen molar-refractivity contribution in [1.82, 2.24) is 15.2 Å². The Bertz CT molecular complexity index is 676. The van der Waals surface area contributed by atoms with E-state index in [1.54, 1.807) is 18.2 Å². The smallest absolute Gasteiger partial charge is 0.269 e. The van der Waals surface area contributed by atoms with Gasteiger partial charge < -0.3 is 15.5 Å². The van der Waals surface area contributed by atoms with Crippen LogP contribution in [0, 0.1) is 5.82 Å². The van der Waals surface area contributed by atoms with Gasteiger partial charge in [0.25, 0.3) is 5.91 Å². The summed E-state index contributed by atoms with van der Waals surface area (Å²) < 4.78 is 13.1. The highest BCUT2D eigenvalue weighted by Crippen LogP contribution is 2.22. The van der Waals surface area contributed by atoms with Gasteiger partial charge in [-0.25, -0.2) is 9.37 Å². The van der Waals surface area contributed by atoms with E-state index in [1.165, 1.54) is 18.3 Å². The molecular formula is C16H18ClFN4O. The highest BCUT2D eigenvalue weighted by molar-refractivity contribution is 6.31. The van der Waals surface area contributed by atoms with Crippen LogP contribution in [0.3, 0.4) is 0 Å². The van der Waals surface area contributed by atoms with Crippen molar-refractivity contribution < 1.29 is 9.18 Å². The molecule has 2 aromatic rings. The Balaban J connectivity index is 1.96. The number of rotatable bonds is 6. The summed E-state index contributed by atoms with van der Waals surface area (Å²) in [6, 6.07) is 7.69. The van der Waals surface area contributed by atoms with E-state index < -0.39 is 5.82 Å². The number of carbonyl (C=O) groups excluding carboxylic acids is 1. The van der Waals surface area contributed by atoms with Crippen LogP contribution in [0.5, 0.6) is 0 Å². The van der Waals surface area contributed by atoms with Crippen LogP contribution in [0.1, 0.15) is 10.5 Å². The SMILES string of the molecule is CN(C)CCNC(=O)c1ccc(Nc2ccc(F)c(Cl)c2)cn1. The highest BCUT2D eigenvalue weighted by atomic mass is 35.5. The predicted molar refractivity (Wildman–Crippen MR) is 89.8 cm³/mol. The molecule has 0 saturated carbocycles. The molecule has 0 atom stereocenters. The Morgan fingerprint density at radius 3 is 2.61 bits per heavy atom. The van der Waals surface area contributed by atoms with Gasteiger partial charge in [0.05, 0.1) is 16.9 Å². The lowest BCUT2D eigenvalue weighted by molar-refractivity contribution is 0.0946. The number of anilines is 2. The van der Waals surface area contributed by atoms with E-state index in [-0.39, 0.29) is 10.9 Å². The van der Waals surface area contributed by atoms with Crippen LogP contribution in [-0.4, -0.2) is 43.0 Å². The summed E-state index contributed by atoms with van der Waals surface area (Å²) >= 11 is 5.73. The van der Waals surface area contributed by atoms with Gasteiger partial charge in [-0.15, -0.1) is 0 Å². The van der Waals surface area contributed by atoms with E-state index in [0.717, 1.165) is 6.54 Å². The molecule has 1 amide bonds. The molecule has 1 aromatic heterocycles. The second-order valence-corrected chi connectivity index (χ2v) is 5.65. The van der Waals surface area contributed by atoms with Gasteiger partial charge in [-0.3, -0.25) is 4.79 Å². The Morgan fingerprint density at radius 2 is 2.00 bits per heavy atom. The zero-order valence-corrected chi connectivity index (χ0v) is 13.7. The molecule has 0 aliphatic carbocycles. The average molecular weight is 337 g/mol. The second kappa shape index (κ2) is 7.89. The normalized spacial score (nSPS) is 10.7. The molecule has 122 valence electrons. The van der Waals surface area contributed by atoms with Crippen molar-refractivity contribution in [3.8, 4) is 0 Å². The summed E-state index contributed by atoms with van der Waals surface area (Å²) in [5.41, 5.74) is 1.66. The number of nitrogens with zero attached hydrogens (tertiary/aromatic N) is 2. The summed E-state index contributed by atoms with van der Waals surface area (Å²) in [6.45, 7) is 1.32. The fraction of sp³-hybridized carbons (Fsp3) is 0.250. The van der Waals surface area contributed by atoms with Crippen molar-refractivity contribution >= 4 is 28.9 Å². The predicted octanol–water partition coefficient (Wildman–Crippen LogP) is 2.91. The summed E-state index contributed by atoms with van der Waals surface area (Å²) in [4.78, 5) is 18.0. The maximum Gasteiger partial charge on any atom is 0.269 e. The van der Waals surface area contributed by atoms with Gasteiger partial charge in [-0.2, -0.15) is 0 Å². The number of hydrogen-bond acceptors (Lipinski definition) is 4. The summed E-state index contributed by atoms with van der Waals surface area (Å²) in [6.07, 6.45) is 1.54. The van der Waals surface area contributed by atoms with Crippen molar-refractivity contribution in [3.05, 3.63) is 53.1 Å². The zero-order valence-electron chi connectivity index (χ0n) is 12.9. The van der Waals surface area contributed by atoms with E-state index >= 15 is 0 Å². The quantitative estimate of drug-likeness (QED) is 0.851. The molecule has 2 N–H and O–H groups in total. The molecule has 7 heteroatoms. The number of benzene rings is 1. The lowest BCUT2D eigenvalue weighted by Gasteiger charge is -2.10. The average Bonchev–Trinajstić information content (AvgIpc) is 2.51. The topological polar surface area (TPSA) is 57.3 Å². The Hall–Kier alpha value is -2.18. The molecule has 0 radical (unpaired) electrons. The van der Waals surface area contributed by atoms with Crippen LogP contribution in [0.25, 0.3) is 0 Å². The van der Waals surface area contributed by atoms with Gasteiger partial charge >= 0.3 is 0 Å². The maximum absolute atomic E-state index is 13.1. The van der Waals surface area contributed by atoms with Crippen molar-refractivity contribution in [2.24, 2.45) is 0 Å². The fourth-order valence-electron chi connectivity index (χ4n) is 1.83. The van der Waals surface area contributed by atoms with E-state index in [2.05, 4.69) is 15.6 Å². The van der Waals surface area contributed by atoms with Crippen LogP contribution in [0.2, 0.25) is 5.02 Å². The number of pyridine rings is 1. The highest BCUT2D eigenvalue weighted by Gasteiger charge is 2.07. The third-order valence-electron chi connectivity index (χ3n) is 3.05. The second-order valence-electron chi connectivity index (χ2n) is 5.25. The number of nitrogens with one attached hydrogen (secondary N) is 2. The first-order valence-corrected chi connectivity index (χ1v) is 7.44. The third kappa shape index (κ3) is 5.19. The number of likely N-dealkylation sites (N-methyl/N-ethyl adjacent to an activating group) is 1. The summed E-state index contributed by atoms with van der Waals surface area (Å²) in [5.74, 6) is -0.691. The van der Waals surface area contributed by atoms with Crippen LogP contribution in [0.4, 0.5) is 15.8 Å². The minimum Gasteiger partial charge on any atom is -0.354 e. The molecule has 0 bridgehead atoms. The van der Waals surface area contributed by atoms with E-state index in [0.29, 0.717) is 23.6 Å². The Morgan fingerprint density at radius 1 is 1.26 bits per heavy atom. The first-order chi connectivity index (χ1) is 11.0. The van der Waals surface area contributed by atoms with E-state index in [4.69, 9.17) is 11.6 Å². The number of aromatic nitrogens is 1. The molecule has 1 heterocycles. The molecule has 0 saturated heterocycles. The Kier molecular flexibility index (Phi) is 5.90. The van der Waals surface area contributed by atoms with Crippen LogP contribution < -0.4 is 10.6 Å². The van der Waals surface area contributed by atoms with Gasteiger partial charge in [0.15, 0.2) is 0 Å². The Labute approximate surface area is 139 Å². The number of carbonyl (C=O) groups is 1. The van der Waals surface area contributed by atoms with Gasteiger partial charge in [0, 0.05) is 18.8 Å². The summed E-state index contributed by atoms with van der Waals surface area (Å²) in [5, 5.41) is 5.88. The molecule has 1 aromatic carbocycles. The molecule has 0 aliphatic rings. The van der Waals surface area contributed by atoms with Gasteiger partial charge in [0.2, 0.25) is 0 Å². The molecular weight excluding hydrogens is 319 g/mol. The van der Waals surface area contributed by atoms with Crippen molar-refractivity contribution in [1.29, 1.82) is 0 Å². The fourth-order valence-corrected chi connectivity index (χ4v) is 2.01. The molecule has 0 aliphatic heterocycles. The maximum atomic E-state index is 13.1. The van der Waals surface area contributed by atoms with E-state index in [9.17, 15) is 9.18 Å². The number of amides is 1. The number of halogens is 2. The summed E-state index contributed by atoms with van der Waals surface area (Å²) in [7, 11) is 3.87. The van der Waals surface area contributed by atoms with Crippen LogP contribution >= 0.6 is 11.6 Å². The lowest BCUT2D eigenvalue weighted by atomic mass is 10.2. The van der Waals surface area contributed by atoms with Gasteiger partial charge in [-0.1, -0.05) is 11.6 Å². The molecule has 5 nitrogen and oxygen atoms in total. The zero-order chi connectivity index (χ0) is 16.8. The number of hydrogen-bond donors (Lipinski definition) is 2. The molecule has 2 rings (SSSR count). The van der Waals surface area contributed by atoms with Crippen LogP contribution in [0.15, 0.2) is 36.5 Å². The van der Waals surface area contributed by atoms with Gasteiger partial charge in [0.1, 0.15) is 11.5 Å². The molecule has 0 fully saturated rings. The lowest BCUT2D eigenvalue weighted by Crippen LogP contribution is -2.31. The van der Waals surface area contributed by atoms with E-state index in [1.807, 2.05) is 19.0 Å². The standard InChI is InChI=1S/C16H18ClFN4O/c1-22(2)8-7-19-16(23)15-6-4-12(10-20-15)21-11-3-5-14(18)13(17)9-11/h3-6,9-10,21H,7-8H2,1-2H3,(H,19,23). The van der Waals surface area contributed by atoms with Crippen molar-refractivity contribution in [3.63, 3.8) is 0 Å². The molecule has 23 heavy (non-hydrogen) atoms. The first-order valence-electron chi connectivity index (χ1n) is 7.07. The third-order valence-corrected chi connectivity index (χ3v) is 3.34. The van der Waals surface area contributed by atoms with Crippen molar-refractivity contribution in [2.75, 3.05) is 32.5 Å². The first kappa shape index (κ1) is 17.2. The molecule has 0 unspecified atom stereocenters. The minimum absolute atomic E-state index is 0.0415. The van der Waals surface area contributed by atoms with Crippen LogP contribution in [-0.2, 0) is 0 Å². The van der Waals surface area contributed by atoms with Crippen molar-refractivity contribution in [2.45, 2.75) is 0 Å². The molecule has 0 spiro atoms. The van der Waals surface area contributed by atoms with Gasteiger partial charge in [-0.05, 0) is 44.4 Å².